The highest BCUT2D eigenvalue weighted by Crippen LogP contribution is 2.26. The van der Waals surface area contributed by atoms with Crippen LogP contribution in [0.5, 0.6) is 0 Å². The van der Waals surface area contributed by atoms with Crippen LogP contribution in [0, 0.1) is 12.3 Å². The molecule has 1 aromatic carbocycles. The fourth-order valence-electron chi connectivity index (χ4n) is 2.37. The van der Waals surface area contributed by atoms with E-state index >= 15 is 0 Å². The smallest absolute Gasteiger partial charge is 0.0579 e. The van der Waals surface area contributed by atoms with Crippen LogP contribution in [0.25, 0.3) is 0 Å². The number of hydrogen-bond donors (Lipinski definition) is 2. The van der Waals surface area contributed by atoms with Crippen molar-refractivity contribution in [3.63, 3.8) is 0 Å². The molecule has 0 saturated carbocycles. The van der Waals surface area contributed by atoms with Crippen molar-refractivity contribution in [3.05, 3.63) is 35.4 Å². The zero-order valence-electron chi connectivity index (χ0n) is 12.0. The molecule has 1 aromatic rings. The molecular weight excluding hydrogens is 238 g/mol. The van der Waals surface area contributed by atoms with Crippen molar-refractivity contribution in [1.82, 2.24) is 5.32 Å². The predicted molar refractivity (Wildman–Crippen MR) is 77.3 cm³/mol. The summed E-state index contributed by atoms with van der Waals surface area (Å²) in [7, 11) is 0. The first-order valence-electron chi connectivity index (χ1n) is 7.15. The van der Waals surface area contributed by atoms with E-state index in [0.717, 1.165) is 19.4 Å². The summed E-state index contributed by atoms with van der Waals surface area (Å²) in [5.74, 6) is 0. The second-order valence-corrected chi connectivity index (χ2v) is 5.83. The minimum Gasteiger partial charge on any atom is -0.396 e. The maximum atomic E-state index is 9.42. The molecule has 0 aliphatic carbocycles. The molecule has 1 unspecified atom stereocenters. The molecule has 1 saturated heterocycles. The van der Waals surface area contributed by atoms with Crippen molar-refractivity contribution in [2.75, 3.05) is 26.4 Å². The monoisotopic (exact) mass is 263 g/mol. The van der Waals surface area contributed by atoms with Gasteiger partial charge in [0, 0.05) is 12.6 Å². The highest BCUT2D eigenvalue weighted by atomic mass is 16.5. The summed E-state index contributed by atoms with van der Waals surface area (Å²) < 4.78 is 5.23. The van der Waals surface area contributed by atoms with Crippen LogP contribution < -0.4 is 5.32 Å². The Morgan fingerprint density at radius 3 is 2.47 bits per heavy atom. The predicted octanol–water partition coefficient (Wildman–Crippen LogP) is 1.91. The van der Waals surface area contributed by atoms with E-state index in [1.54, 1.807) is 0 Å². The van der Waals surface area contributed by atoms with E-state index in [0.29, 0.717) is 19.3 Å². The SMILES string of the molecule is CCC(Cc1ccc(C)cc1)NCC1(CO)COC1. The Morgan fingerprint density at radius 1 is 1.32 bits per heavy atom. The van der Waals surface area contributed by atoms with Crippen LogP contribution in [0.2, 0.25) is 0 Å². The van der Waals surface area contributed by atoms with E-state index in [4.69, 9.17) is 4.74 Å². The third-order valence-corrected chi connectivity index (χ3v) is 4.01. The maximum Gasteiger partial charge on any atom is 0.0579 e. The molecule has 3 heteroatoms. The number of hydrogen-bond acceptors (Lipinski definition) is 3. The molecule has 2 N–H and O–H groups in total. The molecular formula is C16H25NO2. The van der Waals surface area contributed by atoms with Gasteiger partial charge in [-0.1, -0.05) is 36.8 Å². The van der Waals surface area contributed by atoms with E-state index in [-0.39, 0.29) is 12.0 Å². The van der Waals surface area contributed by atoms with Gasteiger partial charge >= 0.3 is 0 Å². The van der Waals surface area contributed by atoms with E-state index in [2.05, 4.69) is 43.4 Å². The fraction of sp³-hybridized carbons (Fsp3) is 0.625. The molecule has 106 valence electrons. The Bertz CT molecular complexity index is 379. The molecule has 1 atom stereocenters. The Kier molecular flexibility index (Phi) is 4.97. The first-order chi connectivity index (χ1) is 9.17. The quantitative estimate of drug-likeness (QED) is 0.789. The van der Waals surface area contributed by atoms with Crippen LogP contribution in [-0.4, -0.2) is 37.5 Å². The summed E-state index contributed by atoms with van der Waals surface area (Å²) in [6.45, 7) is 6.72. The van der Waals surface area contributed by atoms with Gasteiger partial charge in [0.25, 0.3) is 0 Å². The number of rotatable bonds is 7. The molecule has 0 amide bonds. The molecule has 0 aromatic heterocycles. The van der Waals surface area contributed by atoms with Gasteiger partial charge in [0.1, 0.15) is 0 Å². The number of aryl methyl sites for hydroxylation is 1. The summed E-state index contributed by atoms with van der Waals surface area (Å²) in [5, 5.41) is 13.0. The molecule has 19 heavy (non-hydrogen) atoms. The molecule has 1 heterocycles. The Balaban J connectivity index is 1.84. The molecule has 1 fully saturated rings. The largest absolute Gasteiger partial charge is 0.396 e. The Hall–Kier alpha value is -0.900. The van der Waals surface area contributed by atoms with E-state index in [1.807, 2.05) is 0 Å². The van der Waals surface area contributed by atoms with Crippen LogP contribution in [0.15, 0.2) is 24.3 Å². The second kappa shape index (κ2) is 6.51. The lowest BCUT2D eigenvalue weighted by molar-refractivity contribution is -0.135. The van der Waals surface area contributed by atoms with Crippen LogP contribution in [0.4, 0.5) is 0 Å². The lowest BCUT2D eigenvalue weighted by atomic mass is 9.86. The van der Waals surface area contributed by atoms with Gasteiger partial charge in [0.15, 0.2) is 0 Å². The van der Waals surface area contributed by atoms with Crippen molar-refractivity contribution in [3.8, 4) is 0 Å². The topological polar surface area (TPSA) is 41.5 Å². The minimum absolute atomic E-state index is 0.0410. The summed E-state index contributed by atoms with van der Waals surface area (Å²) in [5.41, 5.74) is 2.63. The van der Waals surface area contributed by atoms with Gasteiger partial charge in [-0.15, -0.1) is 0 Å². The number of aliphatic hydroxyl groups excluding tert-OH is 1. The maximum absolute atomic E-state index is 9.42. The highest BCUT2D eigenvalue weighted by molar-refractivity contribution is 5.22. The van der Waals surface area contributed by atoms with Crippen LogP contribution in [0.1, 0.15) is 24.5 Å². The normalized spacial score (nSPS) is 18.9. The molecule has 0 bridgehead atoms. The van der Waals surface area contributed by atoms with Crippen LogP contribution in [0.3, 0.4) is 0 Å². The van der Waals surface area contributed by atoms with Gasteiger partial charge in [-0.25, -0.2) is 0 Å². The van der Waals surface area contributed by atoms with Gasteiger partial charge in [-0.05, 0) is 25.3 Å². The average molecular weight is 263 g/mol. The molecule has 1 aliphatic heterocycles. The zero-order valence-corrected chi connectivity index (χ0v) is 12.0. The molecule has 0 radical (unpaired) electrons. The number of ether oxygens (including phenoxy) is 1. The standard InChI is InChI=1S/C16H25NO2/c1-3-15(8-14-6-4-13(2)5-7-14)17-9-16(10-18)11-19-12-16/h4-7,15,17-18H,3,8-12H2,1-2H3. The Labute approximate surface area is 116 Å². The van der Waals surface area contributed by atoms with Crippen molar-refractivity contribution < 1.29 is 9.84 Å². The zero-order chi connectivity index (χ0) is 13.7. The minimum atomic E-state index is -0.0410. The van der Waals surface area contributed by atoms with Crippen molar-refractivity contribution >= 4 is 0 Å². The number of nitrogens with one attached hydrogen (secondary N) is 1. The molecule has 3 nitrogen and oxygen atoms in total. The van der Waals surface area contributed by atoms with Crippen LogP contribution in [-0.2, 0) is 11.2 Å². The van der Waals surface area contributed by atoms with Gasteiger partial charge in [-0.2, -0.15) is 0 Å². The third-order valence-electron chi connectivity index (χ3n) is 4.01. The fourth-order valence-corrected chi connectivity index (χ4v) is 2.37. The lowest BCUT2D eigenvalue weighted by Crippen LogP contribution is -2.54. The summed E-state index contributed by atoms with van der Waals surface area (Å²) in [6.07, 6.45) is 2.13. The second-order valence-electron chi connectivity index (χ2n) is 5.83. The third kappa shape index (κ3) is 3.78. The lowest BCUT2D eigenvalue weighted by Gasteiger charge is -2.41. The summed E-state index contributed by atoms with van der Waals surface area (Å²) in [4.78, 5) is 0. The van der Waals surface area contributed by atoms with E-state index in [1.165, 1.54) is 11.1 Å². The van der Waals surface area contributed by atoms with Crippen molar-refractivity contribution in [1.29, 1.82) is 0 Å². The van der Waals surface area contributed by atoms with Crippen molar-refractivity contribution in [2.45, 2.75) is 32.7 Å². The number of aliphatic hydroxyl groups is 1. The van der Waals surface area contributed by atoms with Gasteiger partial charge in [-0.3, -0.25) is 0 Å². The molecule has 2 rings (SSSR count). The number of benzene rings is 1. The van der Waals surface area contributed by atoms with Gasteiger partial charge in [0.2, 0.25) is 0 Å². The Morgan fingerprint density at radius 2 is 2.00 bits per heavy atom. The first kappa shape index (κ1) is 14.5. The first-order valence-corrected chi connectivity index (χ1v) is 7.15. The van der Waals surface area contributed by atoms with Gasteiger partial charge in [0.05, 0.1) is 25.2 Å². The summed E-state index contributed by atoms with van der Waals surface area (Å²) in [6, 6.07) is 9.20. The van der Waals surface area contributed by atoms with Crippen molar-refractivity contribution in [2.24, 2.45) is 5.41 Å². The van der Waals surface area contributed by atoms with E-state index < -0.39 is 0 Å². The molecule has 0 spiro atoms. The highest BCUT2D eigenvalue weighted by Gasteiger charge is 2.38. The molecule has 1 aliphatic rings. The van der Waals surface area contributed by atoms with Gasteiger partial charge < -0.3 is 15.2 Å². The van der Waals surface area contributed by atoms with E-state index in [9.17, 15) is 5.11 Å². The summed E-state index contributed by atoms with van der Waals surface area (Å²) >= 11 is 0. The average Bonchev–Trinajstić information content (AvgIpc) is 2.39. The van der Waals surface area contributed by atoms with Crippen LogP contribution >= 0.6 is 0 Å².